The average molecular weight is 255 g/mol. The Morgan fingerprint density at radius 3 is 2.68 bits per heavy atom. The smallest absolute Gasteiger partial charge is 0.269 e. The van der Waals surface area contributed by atoms with Crippen LogP contribution in [-0.2, 0) is 0 Å². The number of nitrogens with one attached hydrogen (secondary N) is 2. The number of aromatic nitrogens is 2. The Morgan fingerprint density at radius 1 is 1.47 bits per heavy atom. The first-order chi connectivity index (χ1) is 9.10. The van der Waals surface area contributed by atoms with E-state index in [2.05, 4.69) is 15.5 Å². The maximum Gasteiger partial charge on any atom is 0.269 e. The van der Waals surface area contributed by atoms with Crippen LogP contribution in [0.15, 0.2) is 30.3 Å². The lowest BCUT2D eigenvalue weighted by Crippen LogP contribution is -2.26. The van der Waals surface area contributed by atoms with Gasteiger partial charge in [0, 0.05) is 6.07 Å². The molecule has 1 atom stereocenters. The number of H-pyrrole nitrogens is 1. The van der Waals surface area contributed by atoms with Crippen molar-refractivity contribution in [3.63, 3.8) is 0 Å². The van der Waals surface area contributed by atoms with E-state index in [1.54, 1.807) is 12.1 Å². The molecule has 1 aromatic heterocycles. The van der Waals surface area contributed by atoms with Crippen LogP contribution in [-0.4, -0.2) is 16.1 Å². The third-order valence-corrected chi connectivity index (χ3v) is 2.73. The minimum atomic E-state index is -0.277. The lowest BCUT2D eigenvalue weighted by molar-refractivity contribution is 0.0935. The van der Waals surface area contributed by atoms with Crippen LogP contribution in [0.3, 0.4) is 0 Å². The number of nitrogens with zero attached hydrogens (tertiary/aromatic N) is 2. The molecule has 6 heteroatoms. The molecule has 0 radical (unpaired) electrons. The first kappa shape index (κ1) is 12.6. The van der Waals surface area contributed by atoms with Gasteiger partial charge in [-0.25, -0.2) is 0 Å². The molecule has 96 valence electrons. The first-order valence-electron chi connectivity index (χ1n) is 5.72. The van der Waals surface area contributed by atoms with Crippen LogP contribution in [0.4, 0.5) is 5.82 Å². The van der Waals surface area contributed by atoms with Crippen molar-refractivity contribution in [2.75, 3.05) is 5.73 Å². The van der Waals surface area contributed by atoms with Crippen molar-refractivity contribution in [3.8, 4) is 6.07 Å². The second kappa shape index (κ2) is 5.23. The van der Waals surface area contributed by atoms with Crippen molar-refractivity contribution < 1.29 is 4.79 Å². The van der Waals surface area contributed by atoms with Crippen molar-refractivity contribution in [2.45, 2.75) is 13.0 Å². The predicted octanol–water partition coefficient (Wildman–Crippen LogP) is 1.35. The van der Waals surface area contributed by atoms with Gasteiger partial charge in [-0.2, -0.15) is 10.4 Å². The second-order valence-corrected chi connectivity index (χ2v) is 4.14. The number of hydrogen-bond donors (Lipinski definition) is 3. The van der Waals surface area contributed by atoms with E-state index < -0.39 is 0 Å². The lowest BCUT2D eigenvalue weighted by atomic mass is 10.1. The zero-order valence-electron chi connectivity index (χ0n) is 10.3. The molecule has 0 fully saturated rings. The Bertz CT molecular complexity index is 623. The van der Waals surface area contributed by atoms with Crippen molar-refractivity contribution in [2.24, 2.45) is 0 Å². The standard InChI is InChI=1S/C13H13N5O/c1-8(10-4-2-9(7-14)3-5-10)16-13(19)11-6-12(15)18-17-11/h2-6,8H,1H3,(H,16,19)(H3,15,17,18). The van der Waals surface area contributed by atoms with Gasteiger partial charge >= 0.3 is 0 Å². The van der Waals surface area contributed by atoms with Gasteiger partial charge in [-0.1, -0.05) is 12.1 Å². The van der Waals surface area contributed by atoms with Crippen molar-refractivity contribution in [1.29, 1.82) is 5.26 Å². The maximum absolute atomic E-state index is 11.9. The minimum Gasteiger partial charge on any atom is -0.382 e. The van der Waals surface area contributed by atoms with Crippen LogP contribution in [0.1, 0.15) is 34.6 Å². The van der Waals surface area contributed by atoms with E-state index in [1.165, 1.54) is 6.07 Å². The van der Waals surface area contributed by atoms with Crippen LogP contribution in [0.2, 0.25) is 0 Å². The van der Waals surface area contributed by atoms with Crippen LogP contribution < -0.4 is 11.1 Å². The minimum absolute atomic E-state index is 0.176. The van der Waals surface area contributed by atoms with E-state index in [1.807, 2.05) is 25.1 Å². The van der Waals surface area contributed by atoms with E-state index in [9.17, 15) is 4.79 Å². The summed E-state index contributed by atoms with van der Waals surface area (Å²) < 4.78 is 0. The molecule has 0 saturated carbocycles. The lowest BCUT2D eigenvalue weighted by Gasteiger charge is -2.13. The van der Waals surface area contributed by atoms with Crippen molar-refractivity contribution >= 4 is 11.7 Å². The largest absolute Gasteiger partial charge is 0.382 e. The van der Waals surface area contributed by atoms with E-state index in [0.29, 0.717) is 11.3 Å². The Morgan fingerprint density at radius 2 is 2.16 bits per heavy atom. The summed E-state index contributed by atoms with van der Waals surface area (Å²) in [6.45, 7) is 1.86. The predicted molar refractivity (Wildman–Crippen MR) is 70.0 cm³/mol. The molecule has 0 aliphatic rings. The summed E-state index contributed by atoms with van der Waals surface area (Å²) in [5.41, 5.74) is 7.26. The van der Waals surface area contributed by atoms with Crippen LogP contribution in [0.5, 0.6) is 0 Å². The molecule has 1 aromatic carbocycles. The fourth-order valence-corrected chi connectivity index (χ4v) is 1.66. The molecule has 1 unspecified atom stereocenters. The molecule has 0 saturated heterocycles. The highest BCUT2D eigenvalue weighted by Crippen LogP contribution is 2.14. The zero-order chi connectivity index (χ0) is 13.8. The first-order valence-corrected chi connectivity index (χ1v) is 5.72. The van der Waals surface area contributed by atoms with Gasteiger partial charge in [-0.15, -0.1) is 0 Å². The molecule has 0 aliphatic heterocycles. The molecule has 0 spiro atoms. The van der Waals surface area contributed by atoms with E-state index in [4.69, 9.17) is 11.0 Å². The van der Waals surface area contributed by atoms with Crippen molar-refractivity contribution in [3.05, 3.63) is 47.2 Å². The van der Waals surface area contributed by atoms with Crippen molar-refractivity contribution in [1.82, 2.24) is 15.5 Å². The van der Waals surface area contributed by atoms with Gasteiger partial charge in [0.25, 0.3) is 5.91 Å². The molecule has 6 nitrogen and oxygen atoms in total. The summed E-state index contributed by atoms with van der Waals surface area (Å²) in [4.78, 5) is 11.9. The number of hydrogen-bond acceptors (Lipinski definition) is 4. The molecular formula is C13H13N5O. The van der Waals surface area contributed by atoms with Gasteiger partial charge in [-0.3, -0.25) is 9.89 Å². The Hall–Kier alpha value is -2.81. The number of nitrogen functional groups attached to an aromatic ring is 1. The fourth-order valence-electron chi connectivity index (χ4n) is 1.66. The molecule has 1 heterocycles. The fraction of sp³-hybridized carbons (Fsp3) is 0.154. The number of carbonyl (C=O) groups excluding carboxylic acids is 1. The highest BCUT2D eigenvalue weighted by Gasteiger charge is 2.13. The number of aromatic amines is 1. The number of nitriles is 1. The second-order valence-electron chi connectivity index (χ2n) is 4.14. The zero-order valence-corrected chi connectivity index (χ0v) is 10.3. The Kier molecular flexibility index (Phi) is 3.48. The number of amides is 1. The topological polar surface area (TPSA) is 108 Å². The van der Waals surface area contributed by atoms with Crippen LogP contribution >= 0.6 is 0 Å². The number of nitrogens with two attached hydrogens (primary N) is 1. The summed E-state index contributed by atoms with van der Waals surface area (Å²) in [6, 6.07) is 10.4. The highest BCUT2D eigenvalue weighted by molar-refractivity contribution is 5.93. The molecule has 19 heavy (non-hydrogen) atoms. The monoisotopic (exact) mass is 255 g/mol. The Labute approximate surface area is 110 Å². The van der Waals surface area contributed by atoms with Crippen LogP contribution in [0, 0.1) is 11.3 Å². The summed E-state index contributed by atoms with van der Waals surface area (Å²) in [5.74, 6) is -0.00256. The van der Waals surface area contributed by atoms with E-state index in [-0.39, 0.29) is 17.8 Å². The van der Waals surface area contributed by atoms with Gasteiger partial charge in [0.15, 0.2) is 0 Å². The summed E-state index contributed by atoms with van der Waals surface area (Å²) >= 11 is 0. The van der Waals surface area contributed by atoms with Crippen LogP contribution in [0.25, 0.3) is 0 Å². The number of benzene rings is 1. The third kappa shape index (κ3) is 2.90. The van der Waals surface area contributed by atoms with Gasteiger partial charge in [0.1, 0.15) is 11.5 Å². The van der Waals surface area contributed by atoms with E-state index in [0.717, 1.165) is 5.56 Å². The number of rotatable bonds is 3. The summed E-state index contributed by atoms with van der Waals surface area (Å²) in [7, 11) is 0. The quantitative estimate of drug-likeness (QED) is 0.769. The van der Waals surface area contributed by atoms with Gasteiger partial charge in [0.2, 0.25) is 0 Å². The normalized spacial score (nSPS) is 11.6. The number of anilines is 1. The molecule has 0 bridgehead atoms. The Balaban J connectivity index is 2.06. The van der Waals surface area contributed by atoms with Gasteiger partial charge in [0.05, 0.1) is 17.7 Å². The molecular weight excluding hydrogens is 242 g/mol. The SMILES string of the molecule is CC(NC(=O)c1cc(N)n[nH]1)c1ccc(C#N)cc1. The number of carbonyl (C=O) groups is 1. The summed E-state index contributed by atoms with van der Waals surface area (Å²) in [6.07, 6.45) is 0. The molecule has 2 rings (SSSR count). The molecule has 4 N–H and O–H groups in total. The molecule has 2 aromatic rings. The average Bonchev–Trinajstić information content (AvgIpc) is 2.85. The van der Waals surface area contributed by atoms with E-state index >= 15 is 0 Å². The maximum atomic E-state index is 11.9. The van der Waals surface area contributed by atoms with Gasteiger partial charge < -0.3 is 11.1 Å². The highest BCUT2D eigenvalue weighted by atomic mass is 16.2. The molecule has 0 aliphatic carbocycles. The molecule has 1 amide bonds. The van der Waals surface area contributed by atoms with Gasteiger partial charge in [-0.05, 0) is 24.6 Å². The third-order valence-electron chi connectivity index (χ3n) is 2.73. The summed E-state index contributed by atoms with van der Waals surface area (Å²) in [5, 5.41) is 17.8.